The van der Waals surface area contributed by atoms with E-state index in [4.69, 9.17) is 0 Å². The maximum absolute atomic E-state index is 13.6. The van der Waals surface area contributed by atoms with Gasteiger partial charge in [0.1, 0.15) is 6.10 Å². The van der Waals surface area contributed by atoms with Crippen LogP contribution in [0, 0.1) is 0 Å². The number of benzene rings is 1. The summed E-state index contributed by atoms with van der Waals surface area (Å²) in [5, 5.41) is 9.56. The van der Waals surface area contributed by atoms with Gasteiger partial charge in [-0.3, -0.25) is 0 Å². The third-order valence-corrected chi connectivity index (χ3v) is 3.07. The number of unbranched alkanes of at least 4 members (excludes halogenated alkanes) is 3. The molecule has 0 saturated heterocycles. The van der Waals surface area contributed by atoms with Crippen molar-refractivity contribution in [3.05, 3.63) is 42.0 Å². The molecule has 106 valence electrons. The van der Waals surface area contributed by atoms with Crippen LogP contribution in [0.15, 0.2) is 36.4 Å². The van der Waals surface area contributed by atoms with E-state index in [-0.39, 0.29) is 6.42 Å². The molecule has 0 radical (unpaired) electrons. The van der Waals surface area contributed by atoms with E-state index in [0.717, 1.165) is 24.8 Å². The Hall–Kier alpha value is -1.22. The lowest BCUT2D eigenvalue weighted by atomic mass is 10.0. The van der Waals surface area contributed by atoms with Crippen LogP contribution >= 0.6 is 0 Å². The fourth-order valence-corrected chi connectivity index (χ4v) is 1.84. The van der Waals surface area contributed by atoms with Gasteiger partial charge in [0.15, 0.2) is 0 Å². The van der Waals surface area contributed by atoms with Crippen LogP contribution in [0.2, 0.25) is 0 Å². The summed E-state index contributed by atoms with van der Waals surface area (Å²) in [4.78, 5) is 0. The second kappa shape index (κ2) is 8.05. The molecular weight excluding hydrogens is 246 g/mol. The summed E-state index contributed by atoms with van der Waals surface area (Å²) in [6.07, 6.45) is 3.97. The highest BCUT2D eigenvalue weighted by molar-refractivity contribution is 5.49. The Morgan fingerprint density at radius 3 is 2.47 bits per heavy atom. The molecule has 1 nitrogen and oxygen atoms in total. The van der Waals surface area contributed by atoms with E-state index in [0.29, 0.717) is 6.42 Å². The lowest BCUT2D eigenvalue weighted by Gasteiger charge is -2.19. The summed E-state index contributed by atoms with van der Waals surface area (Å²) in [7, 11) is 0. The minimum absolute atomic E-state index is 0.257. The highest BCUT2D eigenvalue weighted by atomic mass is 19.3. The normalized spacial score (nSPS) is 13.9. The van der Waals surface area contributed by atoms with Crippen LogP contribution in [-0.4, -0.2) is 17.1 Å². The summed E-state index contributed by atoms with van der Waals surface area (Å²) in [5.74, 6) is -3.04. The molecule has 3 heteroatoms. The van der Waals surface area contributed by atoms with Gasteiger partial charge in [0.05, 0.1) is 0 Å². The largest absolute Gasteiger partial charge is 0.383 e. The third-order valence-electron chi connectivity index (χ3n) is 3.07. The SMILES string of the molecule is CCCCCCC(F)(F)C(O)/C=C/c1ccccc1. The van der Waals surface area contributed by atoms with E-state index in [9.17, 15) is 13.9 Å². The highest BCUT2D eigenvalue weighted by Gasteiger charge is 2.35. The van der Waals surface area contributed by atoms with E-state index < -0.39 is 12.0 Å². The number of rotatable bonds is 8. The van der Waals surface area contributed by atoms with Crippen molar-refractivity contribution in [2.75, 3.05) is 0 Å². The van der Waals surface area contributed by atoms with Gasteiger partial charge < -0.3 is 5.11 Å². The van der Waals surface area contributed by atoms with Gasteiger partial charge in [0.25, 0.3) is 5.92 Å². The molecule has 0 heterocycles. The van der Waals surface area contributed by atoms with Crippen LogP contribution in [0.5, 0.6) is 0 Å². The Balaban J connectivity index is 2.46. The molecule has 0 aromatic heterocycles. The fraction of sp³-hybridized carbons (Fsp3) is 0.500. The molecule has 0 amide bonds. The number of hydrogen-bond acceptors (Lipinski definition) is 1. The van der Waals surface area contributed by atoms with Gasteiger partial charge in [-0.2, -0.15) is 0 Å². The van der Waals surface area contributed by atoms with E-state index >= 15 is 0 Å². The lowest BCUT2D eigenvalue weighted by Crippen LogP contribution is -2.31. The maximum Gasteiger partial charge on any atom is 0.277 e. The Morgan fingerprint density at radius 2 is 1.84 bits per heavy atom. The molecule has 0 bridgehead atoms. The molecule has 1 N–H and O–H groups in total. The molecule has 0 saturated carbocycles. The minimum Gasteiger partial charge on any atom is -0.383 e. The number of halogens is 2. The zero-order valence-corrected chi connectivity index (χ0v) is 11.4. The van der Waals surface area contributed by atoms with Crippen LogP contribution in [0.1, 0.15) is 44.6 Å². The van der Waals surface area contributed by atoms with E-state index in [1.807, 2.05) is 37.3 Å². The molecule has 1 aromatic rings. The van der Waals surface area contributed by atoms with Crippen molar-refractivity contribution in [3.8, 4) is 0 Å². The highest BCUT2D eigenvalue weighted by Crippen LogP contribution is 2.27. The van der Waals surface area contributed by atoms with E-state index in [2.05, 4.69) is 0 Å². The van der Waals surface area contributed by atoms with Crippen LogP contribution in [-0.2, 0) is 0 Å². The van der Waals surface area contributed by atoms with E-state index in [1.54, 1.807) is 0 Å². The predicted molar refractivity (Wildman–Crippen MR) is 75.2 cm³/mol. The van der Waals surface area contributed by atoms with Gasteiger partial charge in [0.2, 0.25) is 0 Å². The van der Waals surface area contributed by atoms with Gasteiger partial charge in [0, 0.05) is 6.42 Å². The Labute approximate surface area is 114 Å². The summed E-state index contributed by atoms with van der Waals surface area (Å²) >= 11 is 0. The van der Waals surface area contributed by atoms with E-state index in [1.165, 1.54) is 12.2 Å². The van der Waals surface area contributed by atoms with Gasteiger partial charge in [-0.25, -0.2) is 8.78 Å². The summed E-state index contributed by atoms with van der Waals surface area (Å²) < 4.78 is 27.3. The first-order valence-corrected chi connectivity index (χ1v) is 6.85. The fourth-order valence-electron chi connectivity index (χ4n) is 1.84. The van der Waals surface area contributed by atoms with Crippen molar-refractivity contribution < 1.29 is 13.9 Å². The monoisotopic (exact) mass is 268 g/mol. The molecule has 0 aliphatic rings. The summed E-state index contributed by atoms with van der Waals surface area (Å²) in [6.45, 7) is 2.04. The molecule has 1 rings (SSSR count). The molecule has 0 aliphatic carbocycles. The van der Waals surface area contributed by atoms with Crippen molar-refractivity contribution in [1.82, 2.24) is 0 Å². The Bertz CT molecular complexity index is 374. The first-order valence-electron chi connectivity index (χ1n) is 6.85. The first kappa shape index (κ1) is 15.8. The number of hydrogen-bond donors (Lipinski definition) is 1. The van der Waals surface area contributed by atoms with Crippen LogP contribution in [0.3, 0.4) is 0 Å². The topological polar surface area (TPSA) is 20.2 Å². The molecule has 0 fully saturated rings. The van der Waals surface area contributed by atoms with Crippen LogP contribution in [0.4, 0.5) is 8.78 Å². The standard InChI is InChI=1S/C16H22F2O/c1-2-3-4-8-13-16(17,18)15(19)12-11-14-9-6-5-7-10-14/h5-7,9-12,15,19H,2-4,8,13H2,1H3/b12-11+. The zero-order valence-electron chi connectivity index (χ0n) is 11.4. The number of aliphatic hydroxyl groups excluding tert-OH is 1. The minimum atomic E-state index is -3.04. The van der Waals surface area contributed by atoms with Gasteiger partial charge in [-0.15, -0.1) is 0 Å². The number of aliphatic hydroxyl groups is 1. The summed E-state index contributed by atoms with van der Waals surface area (Å²) in [5.41, 5.74) is 0.809. The second-order valence-corrected chi connectivity index (χ2v) is 4.79. The molecule has 1 aromatic carbocycles. The van der Waals surface area contributed by atoms with Gasteiger partial charge in [-0.05, 0) is 18.1 Å². The van der Waals surface area contributed by atoms with Gasteiger partial charge in [-0.1, -0.05) is 62.6 Å². The molecule has 0 aliphatic heterocycles. The quantitative estimate of drug-likeness (QED) is 0.679. The smallest absolute Gasteiger partial charge is 0.277 e. The zero-order chi connectivity index (χ0) is 14.1. The van der Waals surface area contributed by atoms with Crippen molar-refractivity contribution in [1.29, 1.82) is 0 Å². The maximum atomic E-state index is 13.6. The third kappa shape index (κ3) is 5.97. The van der Waals surface area contributed by atoms with Crippen molar-refractivity contribution in [3.63, 3.8) is 0 Å². The number of alkyl halides is 2. The van der Waals surface area contributed by atoms with Crippen LogP contribution < -0.4 is 0 Å². The van der Waals surface area contributed by atoms with Crippen molar-refractivity contribution in [2.24, 2.45) is 0 Å². The predicted octanol–water partition coefficient (Wildman–Crippen LogP) is 4.67. The first-order chi connectivity index (χ1) is 9.06. The second-order valence-electron chi connectivity index (χ2n) is 4.79. The molecule has 1 unspecified atom stereocenters. The summed E-state index contributed by atoms with van der Waals surface area (Å²) in [6, 6.07) is 9.13. The molecule has 0 spiro atoms. The molecule has 1 atom stereocenters. The average Bonchev–Trinajstić information content (AvgIpc) is 2.42. The molecule has 19 heavy (non-hydrogen) atoms. The Morgan fingerprint density at radius 1 is 1.16 bits per heavy atom. The Kier molecular flexibility index (Phi) is 6.71. The average molecular weight is 268 g/mol. The van der Waals surface area contributed by atoms with Crippen LogP contribution in [0.25, 0.3) is 6.08 Å². The van der Waals surface area contributed by atoms with Gasteiger partial charge >= 0.3 is 0 Å². The molecular formula is C16H22F2O. The van der Waals surface area contributed by atoms with Crippen molar-refractivity contribution >= 4 is 6.08 Å². The lowest BCUT2D eigenvalue weighted by molar-refractivity contribution is -0.0928. The van der Waals surface area contributed by atoms with Crippen molar-refractivity contribution in [2.45, 2.75) is 51.1 Å².